The molecule has 0 bridgehead atoms. The van der Waals surface area contributed by atoms with Crippen molar-refractivity contribution in [2.75, 3.05) is 5.73 Å². The molecule has 0 amide bonds. The first-order valence-corrected chi connectivity index (χ1v) is 6.83. The fraction of sp³-hybridized carbons (Fsp3) is 0. The molecule has 2 N–H and O–H groups in total. The molecule has 0 aromatic heterocycles. The van der Waals surface area contributed by atoms with Gasteiger partial charge < -0.3 is 10.5 Å². The third-order valence-corrected chi connectivity index (χ3v) is 3.47. The molecular formula is C16H11BrFNO. The van der Waals surface area contributed by atoms with Gasteiger partial charge in [0.1, 0.15) is 11.6 Å². The van der Waals surface area contributed by atoms with Crippen molar-refractivity contribution in [3.05, 3.63) is 64.9 Å². The van der Waals surface area contributed by atoms with Gasteiger partial charge in [0.25, 0.3) is 0 Å². The van der Waals surface area contributed by atoms with E-state index in [0.29, 0.717) is 17.2 Å². The molecule has 0 unspecified atom stereocenters. The molecule has 0 radical (unpaired) electrons. The van der Waals surface area contributed by atoms with Gasteiger partial charge in [0.15, 0.2) is 5.75 Å². The summed E-state index contributed by atoms with van der Waals surface area (Å²) in [6.45, 7) is 0. The first kappa shape index (κ1) is 12.9. The molecule has 0 heterocycles. The van der Waals surface area contributed by atoms with Gasteiger partial charge in [0.05, 0.1) is 5.69 Å². The number of rotatable bonds is 2. The van der Waals surface area contributed by atoms with E-state index in [1.165, 1.54) is 18.2 Å². The quantitative estimate of drug-likeness (QED) is 0.662. The zero-order valence-electron chi connectivity index (χ0n) is 10.4. The second-order valence-corrected chi connectivity index (χ2v) is 5.35. The molecule has 0 saturated carbocycles. The Hall–Kier alpha value is -2.07. The lowest BCUT2D eigenvalue weighted by Gasteiger charge is -2.09. The summed E-state index contributed by atoms with van der Waals surface area (Å²) in [4.78, 5) is 0. The van der Waals surface area contributed by atoms with E-state index in [4.69, 9.17) is 10.5 Å². The average Bonchev–Trinajstić information content (AvgIpc) is 2.43. The lowest BCUT2D eigenvalue weighted by Crippen LogP contribution is -1.92. The Labute approximate surface area is 124 Å². The number of halogens is 2. The minimum absolute atomic E-state index is 0.321. The number of hydrogen-bond donors (Lipinski definition) is 1. The molecule has 0 fully saturated rings. The zero-order valence-corrected chi connectivity index (χ0v) is 12.0. The van der Waals surface area contributed by atoms with Crippen LogP contribution in [0.1, 0.15) is 0 Å². The summed E-state index contributed by atoms with van der Waals surface area (Å²) >= 11 is 3.43. The van der Waals surface area contributed by atoms with Crippen molar-refractivity contribution in [2.45, 2.75) is 0 Å². The normalized spacial score (nSPS) is 10.7. The highest BCUT2D eigenvalue weighted by Crippen LogP contribution is 2.30. The predicted octanol–water partition coefficient (Wildman–Crippen LogP) is 5.12. The van der Waals surface area contributed by atoms with Gasteiger partial charge in [-0.05, 0) is 47.2 Å². The van der Waals surface area contributed by atoms with Crippen molar-refractivity contribution in [3.63, 3.8) is 0 Å². The van der Waals surface area contributed by atoms with E-state index in [9.17, 15) is 4.39 Å². The third kappa shape index (κ3) is 2.60. The second kappa shape index (κ2) is 5.13. The highest BCUT2D eigenvalue weighted by Gasteiger charge is 2.05. The molecule has 20 heavy (non-hydrogen) atoms. The van der Waals surface area contributed by atoms with E-state index in [0.717, 1.165) is 15.2 Å². The molecule has 4 heteroatoms. The van der Waals surface area contributed by atoms with E-state index >= 15 is 0 Å². The molecule has 0 aliphatic heterocycles. The molecule has 0 saturated heterocycles. The van der Waals surface area contributed by atoms with E-state index in [1.807, 2.05) is 36.4 Å². The minimum Gasteiger partial charge on any atom is -0.455 e. The topological polar surface area (TPSA) is 35.2 Å². The zero-order chi connectivity index (χ0) is 14.1. The number of benzene rings is 3. The highest BCUT2D eigenvalue weighted by atomic mass is 79.9. The van der Waals surface area contributed by atoms with Gasteiger partial charge in [-0.25, -0.2) is 4.39 Å². The molecule has 2 nitrogen and oxygen atoms in total. The average molecular weight is 332 g/mol. The number of nitrogen functional groups attached to an aromatic ring is 1. The Kier molecular flexibility index (Phi) is 3.32. The summed E-state index contributed by atoms with van der Waals surface area (Å²) in [6, 6.07) is 15.7. The maximum atomic E-state index is 13.2. The van der Waals surface area contributed by atoms with Gasteiger partial charge in [0.2, 0.25) is 0 Å². The van der Waals surface area contributed by atoms with Crippen LogP contribution in [0, 0.1) is 5.82 Å². The Bertz CT molecular complexity index is 789. The maximum Gasteiger partial charge on any atom is 0.153 e. The van der Waals surface area contributed by atoms with Gasteiger partial charge in [0, 0.05) is 10.5 Å². The molecule has 0 aliphatic rings. The number of ether oxygens (including phenoxy) is 1. The van der Waals surface area contributed by atoms with Gasteiger partial charge in [-0.1, -0.05) is 28.1 Å². The van der Waals surface area contributed by atoms with Crippen LogP contribution in [-0.4, -0.2) is 0 Å². The van der Waals surface area contributed by atoms with Crippen molar-refractivity contribution in [1.29, 1.82) is 0 Å². The van der Waals surface area contributed by atoms with E-state index in [-0.39, 0.29) is 5.82 Å². The Morgan fingerprint density at radius 2 is 1.65 bits per heavy atom. The molecule has 0 atom stereocenters. The van der Waals surface area contributed by atoms with Gasteiger partial charge in [-0.15, -0.1) is 0 Å². The number of nitrogens with two attached hydrogens (primary N) is 1. The summed E-state index contributed by atoms with van der Waals surface area (Å²) in [5.74, 6) is 0.567. The van der Waals surface area contributed by atoms with E-state index in [2.05, 4.69) is 15.9 Å². The van der Waals surface area contributed by atoms with Crippen molar-refractivity contribution >= 4 is 32.4 Å². The Morgan fingerprint density at radius 1 is 0.900 bits per heavy atom. The predicted molar refractivity (Wildman–Crippen MR) is 82.5 cm³/mol. The lowest BCUT2D eigenvalue weighted by molar-refractivity contribution is 0.480. The minimum atomic E-state index is -0.376. The summed E-state index contributed by atoms with van der Waals surface area (Å²) < 4.78 is 19.9. The van der Waals surface area contributed by atoms with Crippen LogP contribution < -0.4 is 10.5 Å². The van der Waals surface area contributed by atoms with Gasteiger partial charge in [-0.2, -0.15) is 0 Å². The van der Waals surface area contributed by atoms with Crippen molar-refractivity contribution in [1.82, 2.24) is 0 Å². The van der Waals surface area contributed by atoms with Crippen molar-refractivity contribution in [2.24, 2.45) is 0 Å². The SMILES string of the molecule is Nc1ccc(F)cc1Oc1ccc2cc(Br)ccc2c1. The van der Waals surface area contributed by atoms with Crippen LogP contribution >= 0.6 is 15.9 Å². The van der Waals surface area contributed by atoms with Gasteiger partial charge >= 0.3 is 0 Å². The molecule has 0 spiro atoms. The Balaban J connectivity index is 1.98. The van der Waals surface area contributed by atoms with Gasteiger partial charge in [-0.3, -0.25) is 0 Å². The summed E-state index contributed by atoms with van der Waals surface area (Å²) in [6.07, 6.45) is 0. The smallest absolute Gasteiger partial charge is 0.153 e. The monoisotopic (exact) mass is 331 g/mol. The lowest BCUT2D eigenvalue weighted by atomic mass is 10.1. The molecule has 3 aromatic carbocycles. The first-order chi connectivity index (χ1) is 9.61. The largest absolute Gasteiger partial charge is 0.455 e. The molecule has 100 valence electrons. The van der Waals surface area contributed by atoms with Crippen LogP contribution in [0.3, 0.4) is 0 Å². The van der Waals surface area contributed by atoms with Crippen LogP contribution in [0.2, 0.25) is 0 Å². The van der Waals surface area contributed by atoms with Crippen LogP contribution in [-0.2, 0) is 0 Å². The van der Waals surface area contributed by atoms with Crippen molar-refractivity contribution in [3.8, 4) is 11.5 Å². The number of anilines is 1. The van der Waals surface area contributed by atoms with E-state index < -0.39 is 0 Å². The van der Waals surface area contributed by atoms with Crippen LogP contribution in [0.5, 0.6) is 11.5 Å². The molecule has 3 rings (SSSR count). The fourth-order valence-corrected chi connectivity index (χ4v) is 2.36. The Morgan fingerprint density at radius 3 is 2.50 bits per heavy atom. The highest BCUT2D eigenvalue weighted by molar-refractivity contribution is 9.10. The van der Waals surface area contributed by atoms with E-state index in [1.54, 1.807) is 0 Å². The van der Waals surface area contributed by atoms with Crippen LogP contribution in [0.4, 0.5) is 10.1 Å². The standard InChI is InChI=1S/C16H11BrFNO/c17-12-3-1-11-8-14(5-2-10(11)7-12)20-16-9-13(18)4-6-15(16)19/h1-9H,19H2. The maximum absolute atomic E-state index is 13.2. The molecule has 0 aliphatic carbocycles. The summed E-state index contributed by atoms with van der Waals surface area (Å²) in [5.41, 5.74) is 6.18. The van der Waals surface area contributed by atoms with Crippen LogP contribution in [0.15, 0.2) is 59.1 Å². The second-order valence-electron chi connectivity index (χ2n) is 4.44. The number of hydrogen-bond acceptors (Lipinski definition) is 2. The summed E-state index contributed by atoms with van der Waals surface area (Å²) in [7, 11) is 0. The molecular weight excluding hydrogens is 321 g/mol. The van der Waals surface area contributed by atoms with Crippen molar-refractivity contribution < 1.29 is 9.13 Å². The number of fused-ring (bicyclic) bond motifs is 1. The third-order valence-electron chi connectivity index (χ3n) is 2.98. The fourth-order valence-electron chi connectivity index (χ4n) is 1.98. The first-order valence-electron chi connectivity index (χ1n) is 6.04. The summed E-state index contributed by atoms with van der Waals surface area (Å²) in [5, 5.41) is 2.14. The molecule has 3 aromatic rings. The van der Waals surface area contributed by atoms with Crippen LogP contribution in [0.25, 0.3) is 10.8 Å².